The Morgan fingerprint density at radius 3 is 2.50 bits per heavy atom. The molecule has 78 valence electrons. The van der Waals surface area contributed by atoms with Crippen LogP contribution in [0.2, 0.25) is 0 Å². The third kappa shape index (κ3) is 2.69. The van der Waals surface area contributed by atoms with Gasteiger partial charge in [-0.05, 0) is 12.0 Å². The molecule has 1 saturated heterocycles. The van der Waals surface area contributed by atoms with Gasteiger partial charge in [-0.25, -0.2) is 4.39 Å². The van der Waals surface area contributed by atoms with Gasteiger partial charge in [0.15, 0.2) is 0 Å². The molecule has 1 aliphatic rings. The molecule has 1 nitrogen and oxygen atoms in total. The van der Waals surface area contributed by atoms with Crippen molar-refractivity contribution in [2.24, 2.45) is 5.92 Å². The van der Waals surface area contributed by atoms with Gasteiger partial charge >= 0.3 is 0 Å². The highest BCUT2D eigenvalue weighted by Gasteiger charge is 2.26. The van der Waals surface area contributed by atoms with Gasteiger partial charge in [-0.15, -0.1) is 12.4 Å². The van der Waals surface area contributed by atoms with Crippen LogP contribution in [0.5, 0.6) is 0 Å². The number of alkyl halides is 1. The molecule has 0 aromatic heterocycles. The Kier molecular flexibility index (Phi) is 4.36. The molecule has 0 spiro atoms. The minimum atomic E-state index is -0.666. The smallest absolute Gasteiger partial charge is 0.117 e. The molecule has 2 rings (SSSR count). The van der Waals surface area contributed by atoms with Crippen LogP contribution >= 0.6 is 12.4 Å². The molecule has 1 heterocycles. The van der Waals surface area contributed by atoms with Crippen LogP contribution in [0.3, 0.4) is 0 Å². The van der Waals surface area contributed by atoms with Gasteiger partial charge in [-0.1, -0.05) is 30.3 Å². The van der Waals surface area contributed by atoms with Crippen LogP contribution < -0.4 is 5.32 Å². The lowest BCUT2D eigenvalue weighted by Crippen LogP contribution is -2.15. The Balaban J connectivity index is 0.000000980. The van der Waals surface area contributed by atoms with Crippen molar-refractivity contribution < 1.29 is 4.39 Å². The molecular weight excluding hydrogens is 201 g/mol. The second kappa shape index (κ2) is 5.32. The molecule has 0 unspecified atom stereocenters. The summed E-state index contributed by atoms with van der Waals surface area (Å²) in [6, 6.07) is 10.1. The van der Waals surface area contributed by atoms with Crippen LogP contribution in [0.1, 0.15) is 5.56 Å². The van der Waals surface area contributed by atoms with Crippen molar-refractivity contribution in [3.8, 4) is 0 Å². The Morgan fingerprint density at radius 2 is 1.93 bits per heavy atom. The Hall–Kier alpha value is -0.600. The average Bonchev–Trinajstić information content (AvgIpc) is 2.54. The largest absolute Gasteiger partial charge is 0.313 e. The Labute approximate surface area is 90.1 Å². The van der Waals surface area contributed by atoms with Gasteiger partial charge in [-0.3, -0.25) is 0 Å². The summed E-state index contributed by atoms with van der Waals surface area (Å²) in [7, 11) is 0. The third-order valence-corrected chi connectivity index (χ3v) is 2.60. The minimum Gasteiger partial charge on any atom is -0.313 e. The van der Waals surface area contributed by atoms with Crippen LogP contribution in [0, 0.1) is 5.92 Å². The predicted molar refractivity (Wildman–Crippen MR) is 58.6 cm³/mol. The molecule has 1 N–H and O–H groups in total. The zero-order chi connectivity index (χ0) is 9.10. The van der Waals surface area contributed by atoms with Crippen molar-refractivity contribution >= 4 is 12.4 Å². The number of rotatable bonds is 2. The molecule has 2 atom stereocenters. The summed E-state index contributed by atoms with van der Waals surface area (Å²) in [5.41, 5.74) is 1.24. The van der Waals surface area contributed by atoms with E-state index in [0.717, 1.165) is 13.0 Å². The second-order valence-corrected chi connectivity index (χ2v) is 3.62. The van der Waals surface area contributed by atoms with E-state index in [0.29, 0.717) is 6.54 Å². The van der Waals surface area contributed by atoms with Gasteiger partial charge in [0.25, 0.3) is 0 Å². The highest BCUT2D eigenvalue weighted by Crippen LogP contribution is 2.17. The van der Waals surface area contributed by atoms with Gasteiger partial charge in [0.2, 0.25) is 0 Å². The first-order valence-electron chi connectivity index (χ1n) is 4.75. The van der Waals surface area contributed by atoms with Crippen molar-refractivity contribution in [3.63, 3.8) is 0 Å². The normalized spacial score (nSPS) is 25.8. The van der Waals surface area contributed by atoms with E-state index in [1.54, 1.807) is 0 Å². The van der Waals surface area contributed by atoms with Crippen molar-refractivity contribution in [2.75, 3.05) is 13.1 Å². The van der Waals surface area contributed by atoms with Crippen LogP contribution in [0.4, 0.5) is 4.39 Å². The van der Waals surface area contributed by atoms with E-state index in [2.05, 4.69) is 17.4 Å². The van der Waals surface area contributed by atoms with E-state index >= 15 is 0 Å². The third-order valence-electron chi connectivity index (χ3n) is 2.60. The number of benzene rings is 1. The van der Waals surface area contributed by atoms with Crippen molar-refractivity contribution in [1.29, 1.82) is 0 Å². The monoisotopic (exact) mass is 215 g/mol. The summed E-state index contributed by atoms with van der Waals surface area (Å²) in [6.07, 6.45) is 0.190. The highest BCUT2D eigenvalue weighted by atomic mass is 35.5. The van der Waals surface area contributed by atoms with Crippen molar-refractivity contribution in [3.05, 3.63) is 35.9 Å². The summed E-state index contributed by atoms with van der Waals surface area (Å²) >= 11 is 0. The molecule has 0 amide bonds. The average molecular weight is 216 g/mol. The van der Waals surface area contributed by atoms with Gasteiger partial charge in [0.05, 0.1) is 0 Å². The fourth-order valence-corrected chi connectivity index (χ4v) is 1.82. The van der Waals surface area contributed by atoms with Crippen LogP contribution in [-0.4, -0.2) is 19.3 Å². The van der Waals surface area contributed by atoms with Crippen LogP contribution in [0.25, 0.3) is 0 Å². The first-order valence-corrected chi connectivity index (χ1v) is 4.75. The number of nitrogens with one attached hydrogen (secondary N) is 1. The molecule has 1 aliphatic heterocycles. The molecular formula is C11H15ClFN. The standard InChI is InChI=1S/C11H14FN.ClH/c12-11-8-13-7-10(11)6-9-4-2-1-3-5-9;/h1-5,10-11,13H,6-8H2;1H/t10-,11+;/m1./s1. The molecule has 0 bridgehead atoms. The maximum absolute atomic E-state index is 13.2. The van der Waals surface area contributed by atoms with Gasteiger partial charge in [0, 0.05) is 19.0 Å². The van der Waals surface area contributed by atoms with Crippen LogP contribution in [-0.2, 0) is 6.42 Å². The Morgan fingerprint density at radius 1 is 1.21 bits per heavy atom. The van der Waals surface area contributed by atoms with E-state index in [1.807, 2.05) is 18.2 Å². The Bertz CT molecular complexity index is 265. The molecule has 1 fully saturated rings. The zero-order valence-corrected chi connectivity index (χ0v) is 8.77. The minimum absolute atomic E-state index is 0. The van der Waals surface area contributed by atoms with E-state index < -0.39 is 6.17 Å². The summed E-state index contributed by atoms with van der Waals surface area (Å²) in [5.74, 6) is 0.169. The summed E-state index contributed by atoms with van der Waals surface area (Å²) < 4.78 is 13.2. The molecule has 0 radical (unpaired) electrons. The van der Waals surface area contributed by atoms with Crippen molar-refractivity contribution in [2.45, 2.75) is 12.6 Å². The molecule has 1 aromatic carbocycles. The number of hydrogen-bond donors (Lipinski definition) is 1. The van der Waals surface area contributed by atoms with Crippen molar-refractivity contribution in [1.82, 2.24) is 5.32 Å². The maximum Gasteiger partial charge on any atom is 0.117 e. The molecule has 0 saturated carbocycles. The quantitative estimate of drug-likeness (QED) is 0.798. The lowest BCUT2D eigenvalue weighted by Gasteiger charge is -2.10. The number of hydrogen-bond acceptors (Lipinski definition) is 1. The first-order chi connectivity index (χ1) is 6.36. The molecule has 3 heteroatoms. The summed E-state index contributed by atoms with van der Waals surface area (Å²) in [6.45, 7) is 1.34. The topological polar surface area (TPSA) is 12.0 Å². The predicted octanol–water partition coefficient (Wildman–Crippen LogP) is 2.21. The maximum atomic E-state index is 13.2. The zero-order valence-electron chi connectivity index (χ0n) is 7.95. The first kappa shape index (κ1) is 11.5. The van der Waals surface area contributed by atoms with E-state index in [9.17, 15) is 4.39 Å². The van der Waals surface area contributed by atoms with Crippen LogP contribution in [0.15, 0.2) is 30.3 Å². The summed E-state index contributed by atoms with van der Waals surface area (Å²) in [4.78, 5) is 0. The highest BCUT2D eigenvalue weighted by molar-refractivity contribution is 5.85. The molecule has 0 aliphatic carbocycles. The second-order valence-electron chi connectivity index (χ2n) is 3.62. The van der Waals surface area contributed by atoms with E-state index in [-0.39, 0.29) is 18.3 Å². The fraction of sp³-hybridized carbons (Fsp3) is 0.455. The molecule has 1 aromatic rings. The van der Waals surface area contributed by atoms with Gasteiger partial charge in [-0.2, -0.15) is 0 Å². The number of halogens is 2. The van der Waals surface area contributed by atoms with Gasteiger partial charge in [0.1, 0.15) is 6.17 Å². The van der Waals surface area contributed by atoms with E-state index in [4.69, 9.17) is 0 Å². The summed E-state index contributed by atoms with van der Waals surface area (Å²) in [5, 5.41) is 3.07. The van der Waals surface area contributed by atoms with Gasteiger partial charge < -0.3 is 5.32 Å². The van der Waals surface area contributed by atoms with E-state index in [1.165, 1.54) is 5.56 Å². The fourth-order valence-electron chi connectivity index (χ4n) is 1.82. The SMILES string of the molecule is Cl.F[C@H]1CNC[C@H]1Cc1ccccc1. The molecule has 14 heavy (non-hydrogen) atoms. The lowest BCUT2D eigenvalue weighted by atomic mass is 9.98. The lowest BCUT2D eigenvalue weighted by molar-refractivity contribution is 0.282.